The van der Waals surface area contributed by atoms with Crippen LogP contribution in [0.3, 0.4) is 0 Å². The molecule has 6 saturated heterocycles. The summed E-state index contributed by atoms with van der Waals surface area (Å²) in [5.41, 5.74) is 0. The van der Waals surface area contributed by atoms with E-state index in [1.807, 2.05) is 0 Å². The molecule has 20 heteroatoms. The molecule has 6 aliphatic rings. The lowest BCUT2D eigenvalue weighted by Crippen LogP contribution is -3.14. The summed E-state index contributed by atoms with van der Waals surface area (Å²) >= 11 is 0. The molecule has 6 heterocycles. The maximum atomic E-state index is 4.17. The van der Waals surface area contributed by atoms with Crippen molar-refractivity contribution in [3.63, 3.8) is 0 Å². The van der Waals surface area contributed by atoms with Gasteiger partial charge < -0.3 is 55.8 Å². The lowest BCUT2D eigenvalue weighted by atomic mass is 11.9. The standard InChI is InChI=1S/C8H36N12Si8/c1-21-9-22(2)12-25(5)14-23(3,10-21)16-27(7)17-24(4,11-21)15-26(6,13-22)19-28(8,18-25)20-27/h9-20H,1-8H3. The van der Waals surface area contributed by atoms with Crippen molar-refractivity contribution in [1.29, 1.82) is 0 Å². The highest BCUT2D eigenvalue weighted by Crippen LogP contribution is 2.22. The molecule has 6 rings (SSSR count). The summed E-state index contributed by atoms with van der Waals surface area (Å²) in [5, 5.41) is 0. The van der Waals surface area contributed by atoms with Crippen molar-refractivity contribution in [1.82, 2.24) is 55.8 Å². The zero-order chi connectivity index (χ0) is 20.5. The van der Waals surface area contributed by atoms with Gasteiger partial charge in [-0.1, -0.05) is 0 Å². The molecule has 0 amide bonds. The van der Waals surface area contributed by atoms with Gasteiger partial charge in [0.2, 0.25) is 0 Å². The Morgan fingerprint density at radius 3 is 0.357 bits per heavy atom. The van der Waals surface area contributed by atoms with E-state index in [4.69, 9.17) is 0 Å². The van der Waals surface area contributed by atoms with E-state index in [9.17, 15) is 0 Å². The molecule has 0 aliphatic carbocycles. The normalized spacial score (nSPS) is 66.0. The molecule has 0 radical (unpaired) electrons. The predicted molar refractivity (Wildman–Crippen MR) is 131 cm³/mol. The van der Waals surface area contributed by atoms with Crippen molar-refractivity contribution in [3.8, 4) is 0 Å². The monoisotopic (exact) mass is 524 g/mol. The van der Waals surface area contributed by atoms with Gasteiger partial charge in [0.1, 0.15) is 0 Å². The minimum Gasteiger partial charge on any atom is -0.312 e. The van der Waals surface area contributed by atoms with Crippen LogP contribution in [0.1, 0.15) is 0 Å². The quantitative estimate of drug-likeness (QED) is 0.139. The summed E-state index contributed by atoms with van der Waals surface area (Å²) in [7, 11) is -17.5. The van der Waals surface area contributed by atoms with E-state index < -0.39 is 68.5 Å². The average Bonchev–Trinajstić information content (AvgIpc) is 2.22. The minimum absolute atomic E-state index is 2.19. The first-order valence-electron chi connectivity index (χ1n) is 10.0. The van der Waals surface area contributed by atoms with Crippen molar-refractivity contribution in [2.75, 3.05) is 0 Å². The molecule has 0 unspecified atom stereocenters. The fraction of sp³-hybridized carbons (Fsp3) is 1.00. The number of hydrogen-bond acceptors (Lipinski definition) is 12. The van der Waals surface area contributed by atoms with Gasteiger partial charge in [0.15, 0.2) is 0 Å². The first kappa shape index (κ1) is 21.1. The van der Waals surface area contributed by atoms with E-state index in [0.717, 1.165) is 0 Å². The Bertz CT molecular complexity index is 489. The van der Waals surface area contributed by atoms with E-state index in [-0.39, 0.29) is 0 Å². The van der Waals surface area contributed by atoms with Crippen LogP contribution in [0.5, 0.6) is 0 Å². The van der Waals surface area contributed by atoms with Crippen LogP contribution in [0.2, 0.25) is 52.4 Å². The van der Waals surface area contributed by atoms with E-state index in [1.54, 1.807) is 0 Å². The smallest absolute Gasteiger partial charge is 0.263 e. The van der Waals surface area contributed by atoms with Gasteiger partial charge in [-0.25, -0.2) is 0 Å². The molecule has 12 nitrogen and oxygen atoms in total. The SMILES string of the molecule is C[Si]12N[Si]3(C)N[Si]4(C)N[Si](C)(N1)N[Si]1(C)N[Si](C)(N2)N[Si](C)(N3)N[Si](C)(N4)N1. The number of hydrogen-bond donors (Lipinski definition) is 12. The Balaban J connectivity index is 1.79. The summed E-state index contributed by atoms with van der Waals surface area (Å²) in [6.45, 7) is 19.1. The van der Waals surface area contributed by atoms with Gasteiger partial charge in [0.25, 0.3) is 68.5 Å². The Morgan fingerprint density at radius 1 is 0.214 bits per heavy atom. The second-order valence-electron chi connectivity index (χ2n) is 10.5. The van der Waals surface area contributed by atoms with Gasteiger partial charge in [-0.3, -0.25) is 0 Å². The maximum Gasteiger partial charge on any atom is 0.263 e. The van der Waals surface area contributed by atoms with E-state index in [2.05, 4.69) is 108 Å². The number of rotatable bonds is 0. The second-order valence-corrected chi connectivity index (χ2v) is 40.5. The van der Waals surface area contributed by atoms with Crippen LogP contribution < -0.4 is 55.8 Å². The van der Waals surface area contributed by atoms with E-state index >= 15 is 0 Å². The van der Waals surface area contributed by atoms with Crippen molar-refractivity contribution in [2.45, 2.75) is 52.4 Å². The predicted octanol–water partition coefficient (Wildman–Crippen LogP) is -4.32. The molecule has 0 atom stereocenters. The molecule has 8 bridgehead atoms. The Morgan fingerprint density at radius 2 is 0.286 bits per heavy atom. The molecular formula is C8H36N12Si8. The summed E-state index contributed by atoms with van der Waals surface area (Å²) in [4.78, 5) is 0. The molecule has 0 spiro atoms. The highest BCUT2D eigenvalue weighted by atomic mass is 28.6. The second kappa shape index (κ2) is 5.59. The molecule has 12 N–H and O–H groups in total. The number of nitrogens with one attached hydrogen (secondary N) is 12. The van der Waals surface area contributed by atoms with Crippen LogP contribution in [-0.4, -0.2) is 68.5 Å². The van der Waals surface area contributed by atoms with Crippen LogP contribution >= 0.6 is 0 Å². The van der Waals surface area contributed by atoms with Gasteiger partial charge in [0.05, 0.1) is 0 Å². The minimum atomic E-state index is -2.19. The molecular weight excluding hydrogens is 489 g/mol. The molecule has 0 saturated carbocycles. The van der Waals surface area contributed by atoms with Crippen molar-refractivity contribution >= 4 is 68.5 Å². The van der Waals surface area contributed by atoms with Crippen LogP contribution in [0.15, 0.2) is 0 Å². The van der Waals surface area contributed by atoms with Crippen LogP contribution in [0.4, 0.5) is 0 Å². The molecule has 0 aromatic heterocycles. The fourth-order valence-electron chi connectivity index (χ4n) is 6.75. The molecule has 0 aromatic carbocycles. The Hall–Kier alpha value is 1.26. The van der Waals surface area contributed by atoms with E-state index in [1.165, 1.54) is 0 Å². The third-order valence-corrected chi connectivity index (χ3v) is 54.0. The van der Waals surface area contributed by atoms with E-state index in [0.29, 0.717) is 0 Å². The van der Waals surface area contributed by atoms with Gasteiger partial charge >= 0.3 is 0 Å². The first-order valence-corrected chi connectivity index (χ1v) is 30.0. The molecule has 160 valence electrons. The van der Waals surface area contributed by atoms with Crippen LogP contribution in [0, 0.1) is 0 Å². The van der Waals surface area contributed by atoms with Gasteiger partial charge in [-0.15, -0.1) is 0 Å². The third kappa shape index (κ3) is 3.50. The maximum absolute atomic E-state index is 4.17. The van der Waals surface area contributed by atoms with Crippen molar-refractivity contribution in [3.05, 3.63) is 0 Å². The Labute approximate surface area is 176 Å². The van der Waals surface area contributed by atoms with Crippen LogP contribution in [0.25, 0.3) is 0 Å². The highest BCUT2D eigenvalue weighted by molar-refractivity contribution is 7.19. The van der Waals surface area contributed by atoms with Gasteiger partial charge in [-0.05, 0) is 52.4 Å². The van der Waals surface area contributed by atoms with Gasteiger partial charge in [0, 0.05) is 0 Å². The Kier molecular flexibility index (Phi) is 4.22. The van der Waals surface area contributed by atoms with Gasteiger partial charge in [-0.2, -0.15) is 0 Å². The zero-order valence-electron chi connectivity index (χ0n) is 18.0. The lowest BCUT2D eigenvalue weighted by Gasteiger charge is -2.66. The van der Waals surface area contributed by atoms with Crippen molar-refractivity contribution < 1.29 is 0 Å². The molecule has 6 aliphatic heterocycles. The molecule has 6 fully saturated rings. The third-order valence-electron chi connectivity index (χ3n) is 6.00. The molecule has 28 heavy (non-hydrogen) atoms. The first-order chi connectivity index (χ1) is 12.5. The topological polar surface area (TPSA) is 144 Å². The highest BCUT2D eigenvalue weighted by Gasteiger charge is 2.68. The van der Waals surface area contributed by atoms with Crippen molar-refractivity contribution in [2.24, 2.45) is 0 Å². The summed E-state index contributed by atoms with van der Waals surface area (Å²) in [6.07, 6.45) is 0. The largest absolute Gasteiger partial charge is 0.312 e. The van der Waals surface area contributed by atoms with Crippen LogP contribution in [-0.2, 0) is 0 Å². The summed E-state index contributed by atoms with van der Waals surface area (Å²) < 4.78 is 50.0. The average molecular weight is 525 g/mol. The molecule has 0 aromatic rings. The zero-order valence-corrected chi connectivity index (χ0v) is 26.0. The summed E-state index contributed by atoms with van der Waals surface area (Å²) in [6, 6.07) is 0. The summed E-state index contributed by atoms with van der Waals surface area (Å²) in [5.74, 6) is 0. The lowest BCUT2D eigenvalue weighted by molar-refractivity contribution is 0.819. The fourth-order valence-corrected chi connectivity index (χ4v) is 74.2.